The van der Waals surface area contributed by atoms with Gasteiger partial charge in [0.1, 0.15) is 0 Å². The number of nitrogens with one attached hydrogen (secondary N) is 1. The van der Waals surface area contributed by atoms with E-state index in [-0.39, 0.29) is 16.8 Å². The van der Waals surface area contributed by atoms with Gasteiger partial charge in [0, 0.05) is 15.6 Å². The minimum Gasteiger partial charge on any atom is -0.480 e. The van der Waals surface area contributed by atoms with Gasteiger partial charge in [-0.1, -0.05) is 15.9 Å². The Morgan fingerprint density at radius 3 is 2.43 bits per heavy atom. The maximum Gasteiger partial charge on any atom is 0.323 e. The van der Waals surface area contributed by atoms with Crippen molar-refractivity contribution < 1.29 is 24.3 Å². The summed E-state index contributed by atoms with van der Waals surface area (Å²) >= 11 is 3.28. The zero-order chi connectivity index (χ0) is 17.1. The zero-order valence-corrected chi connectivity index (χ0v) is 13.9. The molecule has 23 heavy (non-hydrogen) atoms. The van der Waals surface area contributed by atoms with Crippen molar-refractivity contribution in [2.24, 2.45) is 5.41 Å². The Morgan fingerprint density at radius 2 is 1.87 bits per heavy atom. The molecule has 0 saturated heterocycles. The molecule has 1 aromatic rings. The lowest BCUT2D eigenvalue weighted by atomic mass is 9.68. The van der Waals surface area contributed by atoms with Gasteiger partial charge in [0.15, 0.2) is 11.2 Å². The monoisotopic (exact) mass is 377 g/mol. The molecule has 7 heteroatoms. The summed E-state index contributed by atoms with van der Waals surface area (Å²) in [5, 5.41) is 12.5. The molecule has 0 bridgehead atoms. The van der Waals surface area contributed by atoms with Crippen LogP contribution < -0.4 is 5.32 Å². The Kier molecular flexibility index (Phi) is 3.30. The summed E-state index contributed by atoms with van der Waals surface area (Å²) in [5.41, 5.74) is -1.51. The molecule has 2 unspecified atom stereocenters. The van der Waals surface area contributed by atoms with Gasteiger partial charge in [-0.2, -0.15) is 0 Å². The summed E-state index contributed by atoms with van der Waals surface area (Å²) in [7, 11) is 0. The summed E-state index contributed by atoms with van der Waals surface area (Å²) in [6.45, 7) is 2.70. The van der Waals surface area contributed by atoms with Crippen molar-refractivity contribution in [1.82, 2.24) is 5.32 Å². The lowest BCUT2D eigenvalue weighted by Crippen LogP contribution is -2.48. The first-order valence-electron chi connectivity index (χ1n) is 6.87. The van der Waals surface area contributed by atoms with E-state index in [1.54, 1.807) is 12.1 Å². The predicted molar refractivity (Wildman–Crippen MR) is 83.7 cm³/mol. The summed E-state index contributed by atoms with van der Waals surface area (Å²) in [6, 6.07) is 3.77. The number of hydrogen-bond acceptors (Lipinski definition) is 5. The number of carboxylic acids is 1. The maximum absolute atomic E-state index is 12.3. The second-order valence-corrected chi connectivity index (χ2v) is 6.55. The van der Waals surface area contributed by atoms with Crippen LogP contribution in [0.3, 0.4) is 0 Å². The molecule has 2 aliphatic rings. The first-order valence-corrected chi connectivity index (χ1v) is 7.66. The number of benzene rings is 1. The number of rotatable bonds is 2. The van der Waals surface area contributed by atoms with Crippen LogP contribution in [0.4, 0.5) is 0 Å². The van der Waals surface area contributed by atoms with Gasteiger partial charge in [0.2, 0.25) is 11.6 Å². The maximum atomic E-state index is 12.3. The Labute approximate surface area is 139 Å². The van der Waals surface area contributed by atoms with Crippen LogP contribution in [0.1, 0.15) is 29.8 Å². The van der Waals surface area contributed by atoms with Crippen molar-refractivity contribution in [1.29, 1.82) is 0 Å². The number of carbonyl (C=O) groups is 4. The van der Waals surface area contributed by atoms with E-state index in [0.717, 1.165) is 0 Å². The first kappa shape index (κ1) is 15.6. The van der Waals surface area contributed by atoms with Gasteiger partial charge in [-0.15, -0.1) is 0 Å². The molecule has 1 heterocycles. The van der Waals surface area contributed by atoms with E-state index in [0.29, 0.717) is 10.0 Å². The minimum absolute atomic E-state index is 0.0749. The summed E-state index contributed by atoms with van der Waals surface area (Å²) in [4.78, 5) is 48.9. The van der Waals surface area contributed by atoms with Crippen LogP contribution in [0, 0.1) is 5.41 Å². The van der Waals surface area contributed by atoms with Gasteiger partial charge in [-0.3, -0.25) is 19.2 Å². The van der Waals surface area contributed by atoms with Gasteiger partial charge in [-0.25, -0.2) is 0 Å². The van der Waals surface area contributed by atoms with Crippen molar-refractivity contribution in [3.05, 3.63) is 39.5 Å². The van der Waals surface area contributed by atoms with Crippen molar-refractivity contribution in [3.8, 4) is 0 Å². The molecular formula is C16H12BrNO5. The van der Waals surface area contributed by atoms with Gasteiger partial charge in [0.25, 0.3) is 0 Å². The molecule has 1 aliphatic heterocycles. The van der Waals surface area contributed by atoms with Crippen LogP contribution in [0.5, 0.6) is 0 Å². The van der Waals surface area contributed by atoms with E-state index in [1.807, 2.05) is 0 Å². The van der Waals surface area contributed by atoms with Crippen LogP contribution in [-0.4, -0.2) is 34.5 Å². The normalized spacial score (nSPS) is 25.8. The lowest BCUT2D eigenvalue weighted by molar-refractivity contribution is -0.151. The van der Waals surface area contributed by atoms with Crippen molar-refractivity contribution in [2.45, 2.75) is 19.9 Å². The molecular weight excluding hydrogens is 366 g/mol. The standard InChI is InChI=1S/C16H12BrNO5/c1-6-16(7(2)19,15(22)23)11-10-5-8(17)3-4-9(10)13(20)14(21)12(11)18-6/h3-6,18H,1-2H3,(H,22,23). The van der Waals surface area contributed by atoms with Gasteiger partial charge >= 0.3 is 5.97 Å². The highest BCUT2D eigenvalue weighted by Crippen LogP contribution is 2.49. The number of Topliss-reactive ketones (excluding diaryl/α,β-unsaturated/α-hetero) is 3. The van der Waals surface area contributed by atoms with E-state index < -0.39 is 34.8 Å². The number of carboxylic acid groups (broad SMARTS) is 1. The number of hydrogen-bond donors (Lipinski definition) is 2. The van der Waals surface area contributed by atoms with Gasteiger partial charge in [-0.05, 0) is 37.6 Å². The number of allylic oxidation sites excluding steroid dienone is 1. The Hall–Kier alpha value is -2.28. The second-order valence-electron chi connectivity index (χ2n) is 5.63. The SMILES string of the molecule is CC(=O)C1(C(=O)O)C2=C(NC1C)C(=O)C(=O)c1ccc(Br)cc12. The van der Waals surface area contributed by atoms with E-state index in [1.165, 1.54) is 19.9 Å². The van der Waals surface area contributed by atoms with Crippen LogP contribution in [0.25, 0.3) is 5.57 Å². The van der Waals surface area contributed by atoms with Crippen LogP contribution >= 0.6 is 15.9 Å². The first-order chi connectivity index (χ1) is 10.7. The van der Waals surface area contributed by atoms with Crippen molar-refractivity contribution >= 4 is 44.8 Å². The fourth-order valence-electron chi connectivity index (χ4n) is 3.42. The number of fused-ring (bicyclic) bond motifs is 2. The molecule has 0 amide bonds. The van der Waals surface area contributed by atoms with E-state index in [9.17, 15) is 24.3 Å². The fraction of sp³-hybridized carbons (Fsp3) is 0.250. The molecule has 0 spiro atoms. The molecule has 2 N–H and O–H groups in total. The van der Waals surface area contributed by atoms with Gasteiger partial charge < -0.3 is 10.4 Å². The van der Waals surface area contributed by atoms with E-state index >= 15 is 0 Å². The lowest BCUT2D eigenvalue weighted by Gasteiger charge is -2.30. The third-order valence-electron chi connectivity index (χ3n) is 4.48. The highest BCUT2D eigenvalue weighted by atomic mass is 79.9. The van der Waals surface area contributed by atoms with E-state index in [4.69, 9.17) is 0 Å². The molecule has 3 rings (SSSR count). The minimum atomic E-state index is -1.90. The van der Waals surface area contributed by atoms with Gasteiger partial charge in [0.05, 0.1) is 11.7 Å². The highest BCUT2D eigenvalue weighted by molar-refractivity contribution is 9.10. The topological polar surface area (TPSA) is 101 Å². The molecule has 118 valence electrons. The molecule has 6 nitrogen and oxygen atoms in total. The van der Waals surface area contributed by atoms with Crippen LogP contribution in [0.15, 0.2) is 28.4 Å². The highest BCUT2D eigenvalue weighted by Gasteiger charge is 2.60. The second kappa shape index (κ2) is 4.86. The Bertz CT molecular complexity index is 825. The average molecular weight is 378 g/mol. The Morgan fingerprint density at radius 1 is 1.22 bits per heavy atom. The largest absolute Gasteiger partial charge is 0.480 e. The fourth-order valence-corrected chi connectivity index (χ4v) is 3.78. The molecule has 0 saturated carbocycles. The van der Waals surface area contributed by atoms with Crippen LogP contribution in [-0.2, 0) is 14.4 Å². The number of carbonyl (C=O) groups excluding carboxylic acids is 3. The number of aliphatic carboxylic acids is 1. The third kappa shape index (κ3) is 1.80. The number of halogens is 1. The summed E-state index contributed by atoms with van der Waals surface area (Å²) in [5.74, 6) is -3.46. The zero-order valence-electron chi connectivity index (χ0n) is 12.3. The van der Waals surface area contributed by atoms with E-state index in [2.05, 4.69) is 21.2 Å². The average Bonchev–Trinajstić information content (AvgIpc) is 2.79. The van der Waals surface area contributed by atoms with Crippen molar-refractivity contribution in [2.75, 3.05) is 0 Å². The summed E-state index contributed by atoms with van der Waals surface area (Å²) < 4.78 is 0.618. The smallest absolute Gasteiger partial charge is 0.323 e. The van der Waals surface area contributed by atoms with Crippen molar-refractivity contribution in [3.63, 3.8) is 0 Å². The van der Waals surface area contributed by atoms with Crippen LogP contribution in [0.2, 0.25) is 0 Å². The molecule has 0 radical (unpaired) electrons. The Balaban J connectivity index is 2.44. The molecule has 1 aromatic carbocycles. The third-order valence-corrected chi connectivity index (χ3v) is 4.97. The molecule has 0 aromatic heterocycles. The molecule has 0 fully saturated rings. The summed E-state index contributed by atoms with van der Waals surface area (Å²) in [6.07, 6.45) is 0. The molecule has 2 atom stereocenters. The predicted octanol–water partition coefficient (Wildman–Crippen LogP) is 1.58. The quantitative estimate of drug-likeness (QED) is 0.599. The number of ketones is 3. The molecule has 1 aliphatic carbocycles.